The number of rotatable bonds is 2. The largest absolute Gasteiger partial charge is 0.374 e. The molecular formula is C11H22N2O. The average molecular weight is 198 g/mol. The van der Waals surface area contributed by atoms with Gasteiger partial charge in [-0.25, -0.2) is 0 Å². The minimum atomic E-state index is 0.0289. The van der Waals surface area contributed by atoms with Crippen molar-refractivity contribution in [3.8, 4) is 0 Å². The van der Waals surface area contributed by atoms with Crippen molar-refractivity contribution in [1.29, 1.82) is 0 Å². The normalized spacial score (nSPS) is 37.9. The second-order valence-corrected chi connectivity index (χ2v) is 5.21. The van der Waals surface area contributed by atoms with Crippen molar-refractivity contribution in [3.05, 3.63) is 0 Å². The van der Waals surface area contributed by atoms with Crippen LogP contribution in [-0.4, -0.2) is 49.3 Å². The molecule has 3 nitrogen and oxygen atoms in total. The SMILES string of the molecule is CN1CCC(NC2CCOC2(C)C)C1. The monoisotopic (exact) mass is 198 g/mol. The number of nitrogens with zero attached hydrogens (tertiary/aromatic N) is 1. The van der Waals surface area contributed by atoms with Crippen molar-refractivity contribution in [3.63, 3.8) is 0 Å². The number of nitrogens with one attached hydrogen (secondary N) is 1. The van der Waals surface area contributed by atoms with E-state index in [2.05, 4.69) is 31.1 Å². The summed E-state index contributed by atoms with van der Waals surface area (Å²) in [4.78, 5) is 2.39. The topological polar surface area (TPSA) is 24.5 Å². The van der Waals surface area contributed by atoms with Gasteiger partial charge in [0.25, 0.3) is 0 Å². The molecule has 2 aliphatic rings. The van der Waals surface area contributed by atoms with Crippen LogP contribution in [0.2, 0.25) is 0 Å². The fraction of sp³-hybridized carbons (Fsp3) is 1.00. The zero-order chi connectivity index (χ0) is 10.2. The molecule has 0 aliphatic carbocycles. The lowest BCUT2D eigenvalue weighted by Crippen LogP contribution is -2.48. The van der Waals surface area contributed by atoms with Gasteiger partial charge in [0.15, 0.2) is 0 Å². The van der Waals surface area contributed by atoms with Gasteiger partial charge in [0.05, 0.1) is 5.60 Å². The van der Waals surface area contributed by atoms with E-state index < -0.39 is 0 Å². The van der Waals surface area contributed by atoms with Crippen LogP contribution in [0.1, 0.15) is 26.7 Å². The highest BCUT2D eigenvalue weighted by Gasteiger charge is 2.37. The molecule has 2 aliphatic heterocycles. The third-order valence-corrected chi connectivity index (χ3v) is 3.55. The second-order valence-electron chi connectivity index (χ2n) is 5.21. The Morgan fingerprint density at radius 3 is 2.64 bits per heavy atom. The third-order valence-electron chi connectivity index (χ3n) is 3.55. The number of ether oxygens (including phenoxy) is 1. The molecule has 2 atom stereocenters. The van der Waals surface area contributed by atoms with Gasteiger partial charge in [-0.1, -0.05) is 0 Å². The molecule has 2 unspecified atom stereocenters. The fourth-order valence-electron chi connectivity index (χ4n) is 2.53. The highest BCUT2D eigenvalue weighted by atomic mass is 16.5. The highest BCUT2D eigenvalue weighted by Crippen LogP contribution is 2.26. The lowest BCUT2D eigenvalue weighted by atomic mass is 9.98. The van der Waals surface area contributed by atoms with Crippen LogP contribution in [0.5, 0.6) is 0 Å². The molecule has 0 aromatic rings. The van der Waals surface area contributed by atoms with E-state index in [1.165, 1.54) is 19.5 Å². The van der Waals surface area contributed by atoms with Gasteiger partial charge in [-0.2, -0.15) is 0 Å². The van der Waals surface area contributed by atoms with Crippen LogP contribution in [0, 0.1) is 0 Å². The van der Waals surface area contributed by atoms with Crippen molar-refractivity contribution in [1.82, 2.24) is 10.2 Å². The Bertz CT molecular complexity index is 205. The van der Waals surface area contributed by atoms with Gasteiger partial charge in [-0.3, -0.25) is 0 Å². The molecule has 0 bridgehead atoms. The van der Waals surface area contributed by atoms with Crippen LogP contribution >= 0.6 is 0 Å². The molecule has 14 heavy (non-hydrogen) atoms. The van der Waals surface area contributed by atoms with E-state index in [9.17, 15) is 0 Å². The van der Waals surface area contributed by atoms with Crippen LogP contribution in [0.15, 0.2) is 0 Å². The van der Waals surface area contributed by atoms with E-state index in [0.717, 1.165) is 13.0 Å². The number of likely N-dealkylation sites (tertiary alicyclic amines) is 1. The van der Waals surface area contributed by atoms with E-state index >= 15 is 0 Å². The molecule has 0 radical (unpaired) electrons. The van der Waals surface area contributed by atoms with Gasteiger partial charge in [0.1, 0.15) is 0 Å². The van der Waals surface area contributed by atoms with Gasteiger partial charge in [0.2, 0.25) is 0 Å². The van der Waals surface area contributed by atoms with Gasteiger partial charge in [0, 0.05) is 25.2 Å². The van der Waals surface area contributed by atoms with Crippen molar-refractivity contribution < 1.29 is 4.74 Å². The van der Waals surface area contributed by atoms with Crippen LogP contribution in [0.4, 0.5) is 0 Å². The summed E-state index contributed by atoms with van der Waals surface area (Å²) in [6.45, 7) is 7.71. The molecule has 1 N–H and O–H groups in total. The molecule has 0 saturated carbocycles. The molecule has 0 aromatic heterocycles. The molecule has 82 valence electrons. The van der Waals surface area contributed by atoms with Crippen molar-refractivity contribution >= 4 is 0 Å². The Balaban J connectivity index is 1.85. The summed E-state index contributed by atoms with van der Waals surface area (Å²) in [5, 5.41) is 3.73. The Hall–Kier alpha value is -0.120. The fourth-order valence-corrected chi connectivity index (χ4v) is 2.53. The zero-order valence-electron chi connectivity index (χ0n) is 9.55. The van der Waals surface area contributed by atoms with Gasteiger partial charge >= 0.3 is 0 Å². The molecular weight excluding hydrogens is 176 g/mol. The Morgan fingerprint density at radius 1 is 1.36 bits per heavy atom. The number of likely N-dealkylation sites (N-methyl/N-ethyl adjacent to an activating group) is 1. The minimum absolute atomic E-state index is 0.0289. The molecule has 2 fully saturated rings. The molecule has 0 spiro atoms. The van der Waals surface area contributed by atoms with Crippen LogP contribution < -0.4 is 5.32 Å². The Kier molecular flexibility index (Phi) is 2.82. The van der Waals surface area contributed by atoms with E-state index in [4.69, 9.17) is 4.74 Å². The lowest BCUT2D eigenvalue weighted by molar-refractivity contribution is 0.0197. The predicted molar refractivity (Wildman–Crippen MR) is 57.5 cm³/mol. The number of hydrogen-bond donors (Lipinski definition) is 1. The molecule has 2 rings (SSSR count). The first-order valence-electron chi connectivity index (χ1n) is 5.66. The van der Waals surface area contributed by atoms with E-state index in [1.807, 2.05) is 0 Å². The third kappa shape index (κ3) is 2.10. The molecule has 2 saturated heterocycles. The molecule has 3 heteroatoms. The second kappa shape index (κ2) is 3.80. The summed E-state index contributed by atoms with van der Waals surface area (Å²) in [6, 6.07) is 1.21. The maximum atomic E-state index is 5.71. The van der Waals surface area contributed by atoms with Gasteiger partial charge in [-0.05, 0) is 40.3 Å². The van der Waals surface area contributed by atoms with Crippen molar-refractivity contribution in [2.75, 3.05) is 26.7 Å². The summed E-state index contributed by atoms with van der Waals surface area (Å²) < 4.78 is 5.71. The summed E-state index contributed by atoms with van der Waals surface area (Å²) in [7, 11) is 2.19. The zero-order valence-corrected chi connectivity index (χ0v) is 9.55. The average Bonchev–Trinajstić information content (AvgIpc) is 2.61. The number of hydrogen-bond acceptors (Lipinski definition) is 3. The Morgan fingerprint density at radius 2 is 2.14 bits per heavy atom. The molecule has 0 amide bonds. The smallest absolute Gasteiger partial charge is 0.0779 e. The van der Waals surface area contributed by atoms with E-state index in [-0.39, 0.29) is 5.60 Å². The quantitative estimate of drug-likeness (QED) is 0.712. The maximum absolute atomic E-state index is 5.71. The van der Waals surface area contributed by atoms with Gasteiger partial charge in [-0.15, -0.1) is 0 Å². The highest BCUT2D eigenvalue weighted by molar-refractivity contribution is 4.94. The lowest BCUT2D eigenvalue weighted by Gasteiger charge is -2.29. The summed E-state index contributed by atoms with van der Waals surface area (Å²) in [5.41, 5.74) is 0.0289. The first-order valence-corrected chi connectivity index (χ1v) is 5.66. The first kappa shape index (κ1) is 10.4. The molecule has 0 aromatic carbocycles. The first-order chi connectivity index (χ1) is 6.58. The van der Waals surface area contributed by atoms with Crippen molar-refractivity contribution in [2.24, 2.45) is 0 Å². The van der Waals surface area contributed by atoms with E-state index in [0.29, 0.717) is 12.1 Å². The maximum Gasteiger partial charge on any atom is 0.0779 e. The van der Waals surface area contributed by atoms with E-state index in [1.54, 1.807) is 0 Å². The molecule has 2 heterocycles. The van der Waals surface area contributed by atoms with Crippen LogP contribution in [-0.2, 0) is 4.74 Å². The summed E-state index contributed by atoms with van der Waals surface area (Å²) in [5.74, 6) is 0. The van der Waals surface area contributed by atoms with Crippen molar-refractivity contribution in [2.45, 2.75) is 44.4 Å². The van der Waals surface area contributed by atoms with Crippen LogP contribution in [0.3, 0.4) is 0 Å². The summed E-state index contributed by atoms with van der Waals surface area (Å²) in [6.07, 6.45) is 2.44. The van der Waals surface area contributed by atoms with Crippen LogP contribution in [0.25, 0.3) is 0 Å². The Labute approximate surface area is 86.8 Å². The van der Waals surface area contributed by atoms with Gasteiger partial charge < -0.3 is 15.0 Å². The standard InChI is InChI=1S/C11H22N2O/c1-11(2)10(5-7-14-11)12-9-4-6-13(3)8-9/h9-10,12H,4-8H2,1-3H3. The predicted octanol–water partition coefficient (Wildman–Crippen LogP) is 0.848. The minimum Gasteiger partial charge on any atom is -0.374 e. The summed E-state index contributed by atoms with van der Waals surface area (Å²) >= 11 is 0.